The van der Waals surface area contributed by atoms with Crippen molar-refractivity contribution in [3.05, 3.63) is 77.9 Å². The predicted octanol–water partition coefficient (Wildman–Crippen LogP) is 2.92. The van der Waals surface area contributed by atoms with Crippen molar-refractivity contribution >= 4 is 10.0 Å². The Morgan fingerprint density at radius 3 is 2.41 bits per heavy atom. The largest absolute Gasteiger partial charge is 0.343 e. The Hall–Kier alpha value is -2.65. The van der Waals surface area contributed by atoms with E-state index in [1.165, 1.54) is 10.7 Å². The van der Waals surface area contributed by atoms with Crippen LogP contribution in [0.3, 0.4) is 0 Å². The van der Waals surface area contributed by atoms with Gasteiger partial charge in [-0.2, -0.15) is 9.29 Å². The summed E-state index contributed by atoms with van der Waals surface area (Å²) in [5, 5.41) is 3.87. The molecule has 0 amide bonds. The van der Waals surface area contributed by atoms with Crippen LogP contribution in [0.1, 0.15) is 23.2 Å². The molecule has 6 nitrogen and oxygen atoms in total. The van der Waals surface area contributed by atoms with E-state index in [4.69, 9.17) is 4.52 Å². The van der Waals surface area contributed by atoms with E-state index in [1.54, 1.807) is 0 Å². The second kappa shape index (κ2) is 6.82. The van der Waals surface area contributed by atoms with E-state index in [2.05, 4.69) is 10.1 Å². The lowest BCUT2D eigenvalue weighted by atomic mass is 9.88. The lowest BCUT2D eigenvalue weighted by Crippen LogP contribution is -2.29. The van der Waals surface area contributed by atoms with Gasteiger partial charge in [-0.1, -0.05) is 35.5 Å². The molecule has 27 heavy (non-hydrogen) atoms. The lowest BCUT2D eigenvalue weighted by molar-refractivity contribution is 0.401. The highest BCUT2D eigenvalue weighted by molar-refractivity contribution is 7.89. The molecule has 2 atom stereocenters. The van der Waals surface area contributed by atoms with Crippen LogP contribution in [0.25, 0.3) is 0 Å². The number of hydrogen-bond donors (Lipinski definition) is 0. The SMILES string of the molecule is O=S(=O)(c1ccc(F)c(F)c1)N1C[C@@H](c2ccccc2)[C@H](c2ncon2)C1. The third kappa shape index (κ3) is 3.24. The number of benzene rings is 2. The van der Waals surface area contributed by atoms with Gasteiger partial charge in [0.25, 0.3) is 0 Å². The number of halogens is 2. The van der Waals surface area contributed by atoms with Gasteiger partial charge in [0.1, 0.15) is 0 Å². The first-order valence-corrected chi connectivity index (χ1v) is 9.67. The molecule has 0 aliphatic carbocycles. The first-order chi connectivity index (χ1) is 13.0. The molecule has 3 aromatic rings. The minimum atomic E-state index is -4.00. The summed E-state index contributed by atoms with van der Waals surface area (Å²) in [5.74, 6) is -2.39. The highest BCUT2D eigenvalue weighted by Gasteiger charge is 2.42. The Morgan fingerprint density at radius 2 is 1.74 bits per heavy atom. The maximum Gasteiger partial charge on any atom is 0.243 e. The van der Waals surface area contributed by atoms with Gasteiger partial charge in [0.05, 0.1) is 4.90 Å². The second-order valence-corrected chi connectivity index (χ2v) is 8.25. The summed E-state index contributed by atoms with van der Waals surface area (Å²) in [4.78, 5) is 3.79. The van der Waals surface area contributed by atoms with Crippen LogP contribution in [0.2, 0.25) is 0 Å². The van der Waals surface area contributed by atoms with Crippen molar-refractivity contribution in [2.75, 3.05) is 13.1 Å². The number of nitrogens with zero attached hydrogens (tertiary/aromatic N) is 3. The van der Waals surface area contributed by atoms with Crippen LogP contribution in [0.5, 0.6) is 0 Å². The Balaban J connectivity index is 1.71. The van der Waals surface area contributed by atoms with Crippen LogP contribution < -0.4 is 0 Å². The zero-order chi connectivity index (χ0) is 19.0. The molecule has 0 saturated carbocycles. The van der Waals surface area contributed by atoms with Gasteiger partial charge in [-0.25, -0.2) is 17.2 Å². The summed E-state index contributed by atoms with van der Waals surface area (Å²) in [6.07, 6.45) is 1.20. The molecule has 0 bridgehead atoms. The molecule has 140 valence electrons. The average molecular weight is 391 g/mol. The van der Waals surface area contributed by atoms with Crippen LogP contribution in [0.15, 0.2) is 64.3 Å². The van der Waals surface area contributed by atoms with Crippen LogP contribution in [-0.2, 0) is 10.0 Å². The first kappa shape index (κ1) is 17.7. The molecular weight excluding hydrogens is 376 g/mol. The van der Waals surface area contributed by atoms with Gasteiger partial charge in [0, 0.05) is 24.9 Å². The van der Waals surface area contributed by atoms with Crippen molar-refractivity contribution in [1.29, 1.82) is 0 Å². The number of rotatable bonds is 4. The molecule has 1 saturated heterocycles. The molecule has 1 aromatic heterocycles. The summed E-state index contributed by atoms with van der Waals surface area (Å²) < 4.78 is 58.7. The monoisotopic (exact) mass is 391 g/mol. The van der Waals surface area contributed by atoms with Gasteiger partial charge in [-0.3, -0.25) is 0 Å². The van der Waals surface area contributed by atoms with Crippen molar-refractivity contribution < 1.29 is 21.7 Å². The summed E-state index contributed by atoms with van der Waals surface area (Å²) in [7, 11) is -4.00. The van der Waals surface area contributed by atoms with Crippen molar-refractivity contribution in [3.8, 4) is 0 Å². The predicted molar refractivity (Wildman–Crippen MR) is 91.3 cm³/mol. The second-order valence-electron chi connectivity index (χ2n) is 6.31. The van der Waals surface area contributed by atoms with Gasteiger partial charge >= 0.3 is 0 Å². The Kier molecular flexibility index (Phi) is 4.48. The molecule has 4 rings (SSSR count). The fourth-order valence-corrected chi connectivity index (χ4v) is 4.90. The quantitative estimate of drug-likeness (QED) is 0.684. The normalized spacial score (nSPS) is 20.8. The zero-order valence-corrected chi connectivity index (χ0v) is 14.8. The fraction of sp³-hybridized carbons (Fsp3) is 0.222. The summed E-state index contributed by atoms with van der Waals surface area (Å²) in [6.45, 7) is 0.283. The molecule has 1 aliphatic heterocycles. The highest BCUT2D eigenvalue weighted by Crippen LogP contribution is 2.40. The number of aromatic nitrogens is 2. The van der Waals surface area contributed by atoms with Crippen LogP contribution >= 0.6 is 0 Å². The minimum absolute atomic E-state index is 0.112. The van der Waals surface area contributed by atoms with E-state index in [0.717, 1.165) is 17.7 Å². The molecule has 0 N–H and O–H groups in total. The van der Waals surface area contributed by atoms with Gasteiger partial charge in [0.2, 0.25) is 16.4 Å². The molecular formula is C18H15F2N3O3S. The Labute approximate surface area is 154 Å². The van der Waals surface area contributed by atoms with E-state index in [0.29, 0.717) is 11.9 Å². The van der Waals surface area contributed by atoms with E-state index in [-0.39, 0.29) is 29.8 Å². The van der Waals surface area contributed by atoms with E-state index < -0.39 is 21.7 Å². The molecule has 0 spiro atoms. The first-order valence-electron chi connectivity index (χ1n) is 8.23. The average Bonchev–Trinajstić information content (AvgIpc) is 3.34. The third-order valence-electron chi connectivity index (χ3n) is 4.75. The summed E-state index contributed by atoms with van der Waals surface area (Å²) in [6, 6.07) is 12.0. The summed E-state index contributed by atoms with van der Waals surface area (Å²) >= 11 is 0. The molecule has 1 aliphatic rings. The topological polar surface area (TPSA) is 76.3 Å². The standard InChI is InChI=1S/C18H15F2N3O3S/c19-16-7-6-13(8-17(16)20)27(24,25)23-9-14(12-4-2-1-3-5-12)15(10-23)18-21-11-26-22-18/h1-8,11,14-15H,9-10H2/t14-,15+/m0/s1. The van der Waals surface area contributed by atoms with Crippen LogP contribution in [0.4, 0.5) is 8.78 Å². The molecule has 2 heterocycles. The smallest absolute Gasteiger partial charge is 0.243 e. The van der Waals surface area contributed by atoms with E-state index in [1.807, 2.05) is 30.3 Å². The molecule has 0 unspecified atom stereocenters. The molecule has 0 radical (unpaired) electrons. The maximum atomic E-state index is 13.5. The van der Waals surface area contributed by atoms with Crippen molar-refractivity contribution in [2.24, 2.45) is 0 Å². The Morgan fingerprint density at radius 1 is 1.00 bits per heavy atom. The third-order valence-corrected chi connectivity index (χ3v) is 6.58. The molecule has 1 fully saturated rings. The lowest BCUT2D eigenvalue weighted by Gasteiger charge is -2.17. The van der Waals surface area contributed by atoms with Crippen molar-refractivity contribution in [1.82, 2.24) is 14.4 Å². The molecule has 9 heteroatoms. The van der Waals surface area contributed by atoms with Gasteiger partial charge in [0.15, 0.2) is 17.5 Å². The number of sulfonamides is 1. The van der Waals surface area contributed by atoms with Gasteiger partial charge < -0.3 is 4.52 Å². The van der Waals surface area contributed by atoms with E-state index >= 15 is 0 Å². The fourth-order valence-electron chi connectivity index (χ4n) is 3.39. The van der Waals surface area contributed by atoms with Gasteiger partial charge in [-0.15, -0.1) is 0 Å². The number of hydrogen-bond acceptors (Lipinski definition) is 5. The summed E-state index contributed by atoms with van der Waals surface area (Å²) in [5.41, 5.74) is 0.940. The Bertz CT molecular complexity index is 1040. The zero-order valence-electron chi connectivity index (χ0n) is 14.0. The van der Waals surface area contributed by atoms with Gasteiger partial charge in [-0.05, 0) is 23.8 Å². The van der Waals surface area contributed by atoms with E-state index in [9.17, 15) is 17.2 Å². The highest BCUT2D eigenvalue weighted by atomic mass is 32.2. The van der Waals surface area contributed by atoms with Crippen molar-refractivity contribution in [2.45, 2.75) is 16.7 Å². The van der Waals surface area contributed by atoms with Crippen LogP contribution in [0, 0.1) is 11.6 Å². The van der Waals surface area contributed by atoms with Crippen LogP contribution in [-0.4, -0.2) is 36.0 Å². The molecule has 2 aromatic carbocycles. The maximum absolute atomic E-state index is 13.5. The van der Waals surface area contributed by atoms with Crippen molar-refractivity contribution in [3.63, 3.8) is 0 Å². The minimum Gasteiger partial charge on any atom is -0.343 e.